The molecule has 0 saturated carbocycles. The van der Waals surface area contributed by atoms with E-state index < -0.39 is 0 Å². The van der Waals surface area contributed by atoms with Crippen LogP contribution in [0.3, 0.4) is 0 Å². The standard InChI is InChI=1S/C42H24O2/c1-3-13-28-26(11-1)34(30-17-9-21-38-41(30)32-15-5-7-19-36(32)43-38)23-25-24-35(27-12-2-4-14-29(27)40(25)28)31-18-10-22-39-42(31)33-16-6-8-20-37(33)44-39/h1-24H. The van der Waals surface area contributed by atoms with Gasteiger partial charge in [-0.2, -0.15) is 0 Å². The Morgan fingerprint density at radius 2 is 0.659 bits per heavy atom. The molecule has 0 unspecified atom stereocenters. The van der Waals surface area contributed by atoms with Crippen molar-refractivity contribution < 1.29 is 8.83 Å². The van der Waals surface area contributed by atoms with E-state index in [1.54, 1.807) is 0 Å². The minimum Gasteiger partial charge on any atom is -0.456 e. The Balaban J connectivity index is 1.37. The number of furan rings is 2. The highest BCUT2D eigenvalue weighted by Gasteiger charge is 2.19. The predicted molar refractivity (Wildman–Crippen MR) is 184 cm³/mol. The second-order valence-electron chi connectivity index (χ2n) is 11.6. The lowest BCUT2D eigenvalue weighted by Crippen LogP contribution is -1.90. The average molecular weight is 561 g/mol. The molecule has 0 spiro atoms. The quantitative estimate of drug-likeness (QED) is 0.197. The van der Waals surface area contributed by atoms with Crippen molar-refractivity contribution in [1.29, 1.82) is 0 Å². The summed E-state index contributed by atoms with van der Waals surface area (Å²) in [5.41, 5.74) is 8.42. The number of hydrogen-bond acceptors (Lipinski definition) is 2. The summed E-state index contributed by atoms with van der Waals surface area (Å²) >= 11 is 0. The van der Waals surface area contributed by atoms with Gasteiger partial charge in [-0.15, -0.1) is 0 Å². The summed E-state index contributed by atoms with van der Waals surface area (Å²) in [7, 11) is 0. The molecule has 0 aliphatic rings. The van der Waals surface area contributed by atoms with Crippen molar-refractivity contribution in [1.82, 2.24) is 0 Å². The number of fused-ring (bicyclic) bond motifs is 11. The Kier molecular flexibility index (Phi) is 4.75. The molecule has 0 bridgehead atoms. The van der Waals surface area contributed by atoms with E-state index in [0.717, 1.165) is 43.9 Å². The monoisotopic (exact) mass is 560 g/mol. The Labute approximate surface area is 252 Å². The second kappa shape index (κ2) is 8.82. The second-order valence-corrected chi connectivity index (χ2v) is 11.6. The summed E-state index contributed by atoms with van der Waals surface area (Å²) in [6.45, 7) is 0. The van der Waals surface area contributed by atoms with Gasteiger partial charge in [-0.25, -0.2) is 0 Å². The van der Waals surface area contributed by atoms with Crippen molar-refractivity contribution >= 4 is 76.2 Å². The third-order valence-corrected chi connectivity index (χ3v) is 9.25. The Morgan fingerprint density at radius 1 is 0.273 bits per heavy atom. The molecule has 0 atom stereocenters. The van der Waals surface area contributed by atoms with Crippen LogP contribution in [0.25, 0.3) is 98.4 Å². The lowest BCUT2D eigenvalue weighted by atomic mass is 9.86. The van der Waals surface area contributed by atoms with Gasteiger partial charge in [-0.3, -0.25) is 0 Å². The van der Waals surface area contributed by atoms with Gasteiger partial charge in [0.15, 0.2) is 0 Å². The molecule has 2 aromatic heterocycles. The summed E-state index contributed by atoms with van der Waals surface area (Å²) in [5, 5.41) is 12.0. The zero-order valence-electron chi connectivity index (χ0n) is 23.7. The van der Waals surface area contributed by atoms with Crippen LogP contribution < -0.4 is 0 Å². The van der Waals surface area contributed by atoms with E-state index in [2.05, 4.69) is 133 Å². The van der Waals surface area contributed by atoms with Crippen molar-refractivity contribution in [2.45, 2.75) is 0 Å². The van der Waals surface area contributed by atoms with Gasteiger partial charge < -0.3 is 8.83 Å². The predicted octanol–water partition coefficient (Wildman–Crippen LogP) is 12.3. The molecule has 2 heteroatoms. The normalized spacial score (nSPS) is 12.1. The van der Waals surface area contributed by atoms with Gasteiger partial charge in [0.1, 0.15) is 22.3 Å². The number of hydrogen-bond donors (Lipinski definition) is 0. The van der Waals surface area contributed by atoms with Crippen LogP contribution >= 0.6 is 0 Å². The molecule has 10 aromatic rings. The largest absolute Gasteiger partial charge is 0.456 e. The van der Waals surface area contributed by atoms with Gasteiger partial charge in [-0.1, -0.05) is 109 Å². The first-order valence-electron chi connectivity index (χ1n) is 15.0. The lowest BCUT2D eigenvalue weighted by molar-refractivity contribution is 0.668. The fourth-order valence-electron chi connectivity index (χ4n) is 7.42. The molecule has 44 heavy (non-hydrogen) atoms. The molecule has 0 saturated heterocycles. The molecule has 0 radical (unpaired) electrons. The van der Waals surface area contributed by atoms with Crippen LogP contribution in [-0.4, -0.2) is 0 Å². The molecule has 0 fully saturated rings. The maximum absolute atomic E-state index is 6.31. The summed E-state index contributed by atoms with van der Waals surface area (Å²) < 4.78 is 12.6. The smallest absolute Gasteiger partial charge is 0.136 e. The molecule has 8 aromatic carbocycles. The molecule has 10 rings (SSSR count). The molecule has 0 aliphatic heterocycles. The van der Waals surface area contributed by atoms with Crippen LogP contribution in [0.4, 0.5) is 0 Å². The van der Waals surface area contributed by atoms with E-state index >= 15 is 0 Å². The summed E-state index contributed by atoms with van der Waals surface area (Å²) in [6.07, 6.45) is 0. The van der Waals surface area contributed by atoms with Gasteiger partial charge in [0, 0.05) is 21.5 Å². The summed E-state index contributed by atoms with van der Waals surface area (Å²) in [4.78, 5) is 0. The van der Waals surface area contributed by atoms with E-state index in [1.165, 1.54) is 54.6 Å². The first-order valence-corrected chi connectivity index (χ1v) is 15.0. The van der Waals surface area contributed by atoms with E-state index in [1.807, 2.05) is 12.1 Å². The molecule has 0 aliphatic carbocycles. The van der Waals surface area contributed by atoms with Crippen LogP contribution in [0.1, 0.15) is 0 Å². The third-order valence-electron chi connectivity index (χ3n) is 9.25. The molecule has 0 N–H and O–H groups in total. The highest BCUT2D eigenvalue weighted by atomic mass is 16.3. The molecular formula is C42H24O2. The minimum absolute atomic E-state index is 0.908. The number of para-hydroxylation sites is 2. The van der Waals surface area contributed by atoms with Crippen molar-refractivity contribution in [2.75, 3.05) is 0 Å². The molecule has 2 nitrogen and oxygen atoms in total. The Hall–Kier alpha value is -5.86. The Bertz CT molecular complexity index is 2590. The van der Waals surface area contributed by atoms with E-state index in [4.69, 9.17) is 8.83 Å². The first-order chi connectivity index (χ1) is 21.8. The number of rotatable bonds is 2. The highest BCUT2D eigenvalue weighted by Crippen LogP contribution is 2.46. The first kappa shape index (κ1) is 23.7. The average Bonchev–Trinajstić information content (AvgIpc) is 3.66. The van der Waals surface area contributed by atoms with Gasteiger partial charge in [0.05, 0.1) is 0 Å². The summed E-state index contributed by atoms with van der Waals surface area (Å²) in [6, 6.07) is 51.9. The van der Waals surface area contributed by atoms with E-state index in [0.29, 0.717) is 0 Å². The van der Waals surface area contributed by atoms with Gasteiger partial charge >= 0.3 is 0 Å². The van der Waals surface area contributed by atoms with Gasteiger partial charge in [0.2, 0.25) is 0 Å². The van der Waals surface area contributed by atoms with Crippen LogP contribution in [0.5, 0.6) is 0 Å². The highest BCUT2D eigenvalue weighted by molar-refractivity contribution is 6.28. The lowest BCUT2D eigenvalue weighted by Gasteiger charge is -2.17. The van der Waals surface area contributed by atoms with Crippen LogP contribution in [0.2, 0.25) is 0 Å². The summed E-state index contributed by atoms with van der Waals surface area (Å²) in [5.74, 6) is 0. The van der Waals surface area contributed by atoms with Crippen molar-refractivity contribution in [3.05, 3.63) is 146 Å². The van der Waals surface area contributed by atoms with Crippen LogP contribution in [-0.2, 0) is 0 Å². The molecule has 2 heterocycles. The Morgan fingerprint density at radius 3 is 1.14 bits per heavy atom. The minimum atomic E-state index is 0.908. The SMILES string of the molecule is c1ccc2c(c1)oc1cccc(-c3cc4cc(-c5cccc6oc7ccccc7c56)c5ccccc5c4c4ccccc34)c12. The van der Waals surface area contributed by atoms with Crippen molar-refractivity contribution in [3.8, 4) is 22.3 Å². The fourth-order valence-corrected chi connectivity index (χ4v) is 7.42. The van der Waals surface area contributed by atoms with Gasteiger partial charge in [0.25, 0.3) is 0 Å². The maximum atomic E-state index is 6.31. The van der Waals surface area contributed by atoms with Crippen LogP contribution in [0, 0.1) is 0 Å². The van der Waals surface area contributed by atoms with E-state index in [-0.39, 0.29) is 0 Å². The third kappa shape index (κ3) is 3.20. The van der Waals surface area contributed by atoms with Gasteiger partial charge in [-0.05, 0) is 91.0 Å². The molecule has 0 amide bonds. The van der Waals surface area contributed by atoms with E-state index in [9.17, 15) is 0 Å². The number of benzene rings is 8. The fraction of sp³-hybridized carbons (Fsp3) is 0. The zero-order chi connectivity index (χ0) is 28.8. The zero-order valence-corrected chi connectivity index (χ0v) is 23.7. The van der Waals surface area contributed by atoms with Crippen molar-refractivity contribution in [3.63, 3.8) is 0 Å². The molecular weight excluding hydrogens is 536 g/mol. The van der Waals surface area contributed by atoms with Crippen LogP contribution in [0.15, 0.2) is 154 Å². The van der Waals surface area contributed by atoms with Crippen molar-refractivity contribution in [2.24, 2.45) is 0 Å². The maximum Gasteiger partial charge on any atom is 0.136 e. The topological polar surface area (TPSA) is 26.3 Å². The molecule has 204 valence electrons.